The van der Waals surface area contributed by atoms with Crippen LogP contribution in [0.25, 0.3) is 6.08 Å². The minimum Gasteiger partial charge on any atom is -0.493 e. The molecule has 0 saturated heterocycles. The molecule has 0 N–H and O–H groups in total. The van der Waals surface area contributed by atoms with Crippen molar-refractivity contribution in [1.29, 1.82) is 0 Å². The number of nitro groups is 2. The second kappa shape index (κ2) is 13.8. The average Bonchev–Trinajstić information content (AvgIpc) is 3.33. The van der Waals surface area contributed by atoms with Gasteiger partial charge >= 0.3 is 5.97 Å². The molecule has 2 heterocycles. The fourth-order valence-corrected chi connectivity index (χ4v) is 6.91. The molecule has 13 nitrogen and oxygen atoms in total. The second-order valence-corrected chi connectivity index (χ2v) is 12.5. The lowest BCUT2D eigenvalue weighted by Gasteiger charge is -2.24. The second-order valence-electron chi connectivity index (χ2n) is 10.4. The molecule has 242 valence electrons. The summed E-state index contributed by atoms with van der Waals surface area (Å²) in [6.07, 6.45) is 1.67. The first-order valence-corrected chi connectivity index (χ1v) is 16.0. The number of aryl methyl sites for hydroxylation is 1. The summed E-state index contributed by atoms with van der Waals surface area (Å²) >= 11 is 3.22. The van der Waals surface area contributed by atoms with E-state index in [1.165, 1.54) is 29.9 Å². The maximum atomic E-state index is 14.0. The number of hydrogen-bond donors (Lipinski definition) is 0. The molecule has 0 unspecified atom stereocenters. The van der Waals surface area contributed by atoms with Crippen LogP contribution in [0.5, 0.6) is 11.5 Å². The topological polar surface area (TPSA) is 165 Å². The zero-order valence-electron chi connectivity index (χ0n) is 25.5. The van der Waals surface area contributed by atoms with Gasteiger partial charge in [-0.1, -0.05) is 23.5 Å². The van der Waals surface area contributed by atoms with E-state index in [0.29, 0.717) is 46.8 Å². The molecule has 0 bridgehead atoms. The number of nitro benzene ring substituents is 2. The summed E-state index contributed by atoms with van der Waals surface area (Å²) in [4.78, 5) is 53.8. The number of benzene rings is 3. The number of methoxy groups -OCH3 is 1. The van der Waals surface area contributed by atoms with Crippen molar-refractivity contribution in [2.45, 2.75) is 33.4 Å². The van der Waals surface area contributed by atoms with Gasteiger partial charge in [0.2, 0.25) is 0 Å². The molecule has 4 aromatic rings. The molecule has 0 saturated carbocycles. The number of non-ortho nitro benzene ring substituents is 1. The Balaban J connectivity index is 1.57. The number of aromatic nitrogens is 1. The quantitative estimate of drug-likeness (QED) is 0.0922. The number of esters is 1. The van der Waals surface area contributed by atoms with Crippen molar-refractivity contribution in [2.24, 2.45) is 4.99 Å². The fraction of sp³-hybridized carbons (Fsp3) is 0.219. The van der Waals surface area contributed by atoms with Gasteiger partial charge in [0.15, 0.2) is 16.3 Å². The third-order valence-electron chi connectivity index (χ3n) is 7.34. The molecule has 47 heavy (non-hydrogen) atoms. The zero-order chi connectivity index (χ0) is 34.0. The number of halogens is 1. The molecule has 5 rings (SSSR count). The largest absolute Gasteiger partial charge is 0.493 e. The summed E-state index contributed by atoms with van der Waals surface area (Å²) in [7, 11) is 1.49. The first-order chi connectivity index (χ1) is 22.4. The number of fused-ring (bicyclic) bond motifs is 1. The molecule has 0 spiro atoms. The lowest BCUT2D eigenvalue weighted by Crippen LogP contribution is -2.40. The van der Waals surface area contributed by atoms with Crippen molar-refractivity contribution in [2.75, 3.05) is 13.7 Å². The van der Waals surface area contributed by atoms with E-state index in [1.807, 2.05) is 6.07 Å². The number of hydrogen-bond acceptors (Lipinski definition) is 11. The number of ether oxygens (including phenoxy) is 3. The Kier molecular flexibility index (Phi) is 9.85. The fourth-order valence-electron chi connectivity index (χ4n) is 5.08. The van der Waals surface area contributed by atoms with Gasteiger partial charge in [0.25, 0.3) is 16.9 Å². The SMILES string of the molecule is CCOC(=O)C1=C(C)N=c2s/c(=C/c3cc(I)c(OCc4ccc([N+](=O)[O-])cc4)c(OC)c3)c(=O)n2[C@H]1c1ccc(C)c([N+](=O)[O-])c1. The zero-order valence-corrected chi connectivity index (χ0v) is 28.5. The molecule has 0 fully saturated rings. The molecule has 0 aliphatic carbocycles. The number of carbonyl (C=O) groups is 1. The number of thiazole rings is 1. The monoisotopic (exact) mass is 770 g/mol. The predicted molar refractivity (Wildman–Crippen MR) is 181 cm³/mol. The molecular weight excluding hydrogens is 743 g/mol. The molecule has 1 aliphatic heterocycles. The van der Waals surface area contributed by atoms with Gasteiger partial charge < -0.3 is 14.2 Å². The molecule has 1 aliphatic rings. The first kappa shape index (κ1) is 33.5. The molecule has 15 heteroatoms. The lowest BCUT2D eigenvalue weighted by molar-refractivity contribution is -0.385. The first-order valence-electron chi connectivity index (χ1n) is 14.1. The van der Waals surface area contributed by atoms with Gasteiger partial charge in [0, 0.05) is 23.8 Å². The van der Waals surface area contributed by atoms with E-state index in [9.17, 15) is 29.8 Å². The third-order valence-corrected chi connectivity index (χ3v) is 9.13. The molecular formula is C32H27IN4O9S. The molecule has 0 amide bonds. The van der Waals surface area contributed by atoms with Gasteiger partial charge in [-0.15, -0.1) is 0 Å². The van der Waals surface area contributed by atoms with Crippen molar-refractivity contribution in [3.63, 3.8) is 0 Å². The number of rotatable bonds is 10. The standard InChI is InChI=1S/C32H27IN4O9S/c1-5-45-31(39)27-18(3)34-32-35(28(27)21-9-6-17(2)24(15-21)37(42)43)30(38)26(47-32)14-20-12-23(33)29(25(13-20)44-4)46-16-19-7-10-22(11-8-19)36(40)41/h6-15,28H,5,16H2,1-4H3/b26-14+/t28-/m0/s1. The van der Waals surface area contributed by atoms with Crippen molar-refractivity contribution in [3.8, 4) is 11.5 Å². The Morgan fingerprint density at radius 2 is 1.81 bits per heavy atom. The summed E-state index contributed by atoms with van der Waals surface area (Å²) in [6, 6.07) is 13.2. The maximum Gasteiger partial charge on any atom is 0.338 e. The van der Waals surface area contributed by atoms with Crippen LogP contribution in [0.4, 0.5) is 11.4 Å². The van der Waals surface area contributed by atoms with E-state index in [-0.39, 0.29) is 30.2 Å². The van der Waals surface area contributed by atoms with Crippen LogP contribution in [-0.2, 0) is 16.1 Å². The van der Waals surface area contributed by atoms with E-state index in [4.69, 9.17) is 14.2 Å². The normalized spacial score (nSPS) is 14.3. The Morgan fingerprint density at radius 1 is 1.09 bits per heavy atom. The Hall–Kier alpha value is -4.90. The van der Waals surface area contributed by atoms with Crippen LogP contribution in [-0.4, -0.2) is 34.1 Å². The van der Waals surface area contributed by atoms with Gasteiger partial charge in [-0.25, -0.2) is 9.79 Å². The molecule has 3 aromatic carbocycles. The lowest BCUT2D eigenvalue weighted by atomic mass is 9.94. The van der Waals surface area contributed by atoms with Crippen LogP contribution >= 0.6 is 33.9 Å². The Labute approximate surface area is 284 Å². The highest BCUT2D eigenvalue weighted by molar-refractivity contribution is 14.1. The number of carbonyl (C=O) groups excluding carboxylic acids is 1. The van der Waals surface area contributed by atoms with E-state index >= 15 is 0 Å². The molecule has 0 radical (unpaired) electrons. The Morgan fingerprint density at radius 3 is 2.45 bits per heavy atom. The highest BCUT2D eigenvalue weighted by atomic mass is 127. The van der Waals surface area contributed by atoms with Crippen LogP contribution in [0.2, 0.25) is 0 Å². The van der Waals surface area contributed by atoms with E-state index in [1.54, 1.807) is 57.2 Å². The highest BCUT2D eigenvalue weighted by Crippen LogP contribution is 2.36. The van der Waals surface area contributed by atoms with Crippen molar-refractivity contribution < 1.29 is 28.9 Å². The van der Waals surface area contributed by atoms with Crippen molar-refractivity contribution in [3.05, 3.63) is 132 Å². The van der Waals surface area contributed by atoms with Gasteiger partial charge in [-0.3, -0.25) is 29.6 Å². The van der Waals surface area contributed by atoms with Crippen LogP contribution < -0.4 is 24.4 Å². The minimum atomic E-state index is -1.00. The molecule has 1 atom stereocenters. The van der Waals surface area contributed by atoms with Gasteiger partial charge in [-0.2, -0.15) is 0 Å². The summed E-state index contributed by atoms with van der Waals surface area (Å²) in [5.41, 5.74) is 2.03. The van der Waals surface area contributed by atoms with Gasteiger partial charge in [0.1, 0.15) is 6.61 Å². The van der Waals surface area contributed by atoms with Crippen LogP contribution in [0.15, 0.2) is 75.7 Å². The minimum absolute atomic E-state index is 0.0191. The van der Waals surface area contributed by atoms with E-state index < -0.39 is 27.4 Å². The Bertz CT molecular complexity index is 2140. The van der Waals surface area contributed by atoms with Crippen LogP contribution in [0.3, 0.4) is 0 Å². The molecule has 1 aromatic heterocycles. The summed E-state index contributed by atoms with van der Waals surface area (Å²) in [5.74, 6) is 0.198. The van der Waals surface area contributed by atoms with Crippen LogP contribution in [0, 0.1) is 30.7 Å². The van der Waals surface area contributed by atoms with Crippen molar-refractivity contribution in [1.82, 2.24) is 4.57 Å². The number of nitrogens with zero attached hydrogens (tertiary/aromatic N) is 4. The summed E-state index contributed by atoms with van der Waals surface area (Å²) in [5, 5.41) is 22.7. The predicted octanol–water partition coefficient (Wildman–Crippen LogP) is 5.12. The van der Waals surface area contributed by atoms with Crippen LogP contribution in [0.1, 0.15) is 42.1 Å². The highest BCUT2D eigenvalue weighted by Gasteiger charge is 2.34. The van der Waals surface area contributed by atoms with E-state index in [0.717, 1.165) is 16.9 Å². The van der Waals surface area contributed by atoms with E-state index in [2.05, 4.69) is 27.6 Å². The third kappa shape index (κ3) is 6.80. The van der Waals surface area contributed by atoms with Crippen molar-refractivity contribution >= 4 is 57.3 Å². The average molecular weight is 771 g/mol. The smallest absolute Gasteiger partial charge is 0.338 e. The summed E-state index contributed by atoms with van der Waals surface area (Å²) in [6.45, 7) is 5.15. The van der Waals surface area contributed by atoms with Gasteiger partial charge in [-0.05, 0) is 90.4 Å². The number of allylic oxidation sites excluding steroid dienone is 1. The summed E-state index contributed by atoms with van der Waals surface area (Å²) < 4.78 is 19.3. The van der Waals surface area contributed by atoms with Gasteiger partial charge in [0.05, 0.1) is 49.0 Å². The maximum absolute atomic E-state index is 14.0.